The Morgan fingerprint density at radius 2 is 1.69 bits per heavy atom. The number of morpholine rings is 1. The van der Waals surface area contributed by atoms with Gasteiger partial charge in [-0.25, -0.2) is 0 Å². The Morgan fingerprint density at radius 1 is 0.897 bits per heavy atom. The Bertz CT molecular complexity index is 1400. The Hall–Kier alpha value is -2.90. The van der Waals surface area contributed by atoms with E-state index in [1.807, 2.05) is 6.07 Å². The van der Waals surface area contributed by atoms with Gasteiger partial charge in [-0.15, -0.1) is 11.3 Å². The van der Waals surface area contributed by atoms with Crippen LogP contribution in [0.15, 0.2) is 60.7 Å². The Labute approximate surface area is 235 Å². The van der Waals surface area contributed by atoms with Gasteiger partial charge in [0, 0.05) is 35.8 Å². The maximum absolute atomic E-state index is 10.2. The molecular weight excluding hydrogens is 504 g/mol. The van der Waals surface area contributed by atoms with E-state index in [-0.39, 0.29) is 0 Å². The number of aryl methyl sites for hydroxylation is 1. The van der Waals surface area contributed by atoms with Crippen molar-refractivity contribution in [3.8, 4) is 21.9 Å². The number of likely N-dealkylation sites (tertiary alicyclic amines) is 1. The van der Waals surface area contributed by atoms with Crippen molar-refractivity contribution in [1.82, 2.24) is 9.80 Å². The van der Waals surface area contributed by atoms with Gasteiger partial charge in [-0.3, -0.25) is 9.80 Å². The number of thiophene rings is 1. The molecular formula is C33H38N2O3S. The van der Waals surface area contributed by atoms with E-state index in [9.17, 15) is 5.11 Å². The molecule has 2 aliphatic heterocycles. The first-order valence-corrected chi connectivity index (χ1v) is 15.0. The summed E-state index contributed by atoms with van der Waals surface area (Å²) in [6, 6.07) is 21.3. The standard InChI is InChI=1S/C33H38N2O3S/c1-24-20-25(4-5-27(24)23-35-12-2-3-13-35)21-31-30-11-8-28(36)22-32(30)39-33(31)26-6-9-29(10-7-26)38-19-16-34-14-17-37-18-15-34/h4-11,20,22,36H,2-3,12-19,21,23H2,1H3. The van der Waals surface area contributed by atoms with Crippen LogP contribution < -0.4 is 4.74 Å². The van der Waals surface area contributed by atoms with E-state index in [1.165, 1.54) is 64.0 Å². The highest BCUT2D eigenvalue weighted by atomic mass is 32.1. The van der Waals surface area contributed by atoms with Crippen molar-refractivity contribution in [3.05, 3.63) is 82.9 Å². The van der Waals surface area contributed by atoms with Crippen molar-refractivity contribution in [2.75, 3.05) is 52.5 Å². The van der Waals surface area contributed by atoms with Gasteiger partial charge in [0.05, 0.1) is 13.2 Å². The molecule has 39 heavy (non-hydrogen) atoms. The maximum atomic E-state index is 10.2. The molecule has 1 aromatic heterocycles. The van der Waals surface area contributed by atoms with Crippen molar-refractivity contribution in [3.63, 3.8) is 0 Å². The van der Waals surface area contributed by atoms with Gasteiger partial charge in [0.1, 0.15) is 18.1 Å². The highest BCUT2D eigenvalue weighted by molar-refractivity contribution is 7.22. The normalized spacial score (nSPS) is 16.7. The van der Waals surface area contributed by atoms with Crippen LogP contribution in [0.2, 0.25) is 0 Å². The number of aromatic hydroxyl groups is 1. The first kappa shape index (κ1) is 26.3. The highest BCUT2D eigenvalue weighted by Crippen LogP contribution is 2.41. The fourth-order valence-electron chi connectivity index (χ4n) is 5.80. The van der Waals surface area contributed by atoms with Crippen LogP contribution in [0.1, 0.15) is 35.1 Å². The molecule has 0 aliphatic carbocycles. The van der Waals surface area contributed by atoms with E-state index in [2.05, 4.69) is 65.3 Å². The van der Waals surface area contributed by atoms with E-state index in [4.69, 9.17) is 9.47 Å². The van der Waals surface area contributed by atoms with Crippen molar-refractivity contribution in [2.45, 2.75) is 32.7 Å². The van der Waals surface area contributed by atoms with Crippen LogP contribution in [-0.2, 0) is 17.7 Å². The molecule has 2 aliphatic rings. The number of phenolic OH excluding ortho intramolecular Hbond substituents is 1. The SMILES string of the molecule is Cc1cc(Cc2c(-c3ccc(OCCN4CCOCC4)cc3)sc3cc(O)ccc23)ccc1CN1CCCC1. The minimum absolute atomic E-state index is 0.313. The molecule has 0 bridgehead atoms. The second-order valence-electron chi connectivity index (χ2n) is 10.8. The van der Waals surface area contributed by atoms with Crippen molar-refractivity contribution >= 4 is 21.4 Å². The van der Waals surface area contributed by atoms with E-state index >= 15 is 0 Å². The molecule has 5 nitrogen and oxygen atoms in total. The van der Waals surface area contributed by atoms with Gasteiger partial charge in [0.25, 0.3) is 0 Å². The summed E-state index contributed by atoms with van der Waals surface area (Å²) < 4.78 is 12.6. The van der Waals surface area contributed by atoms with Gasteiger partial charge in [-0.2, -0.15) is 0 Å². The minimum atomic E-state index is 0.313. The molecule has 1 N–H and O–H groups in total. The Balaban J connectivity index is 1.21. The van der Waals surface area contributed by atoms with E-state index < -0.39 is 0 Å². The molecule has 4 aromatic rings. The van der Waals surface area contributed by atoms with Crippen LogP contribution in [0.3, 0.4) is 0 Å². The van der Waals surface area contributed by atoms with Crippen LogP contribution >= 0.6 is 11.3 Å². The Morgan fingerprint density at radius 3 is 2.46 bits per heavy atom. The highest BCUT2D eigenvalue weighted by Gasteiger charge is 2.17. The summed E-state index contributed by atoms with van der Waals surface area (Å²) >= 11 is 1.76. The van der Waals surface area contributed by atoms with Crippen LogP contribution in [-0.4, -0.2) is 67.5 Å². The summed E-state index contributed by atoms with van der Waals surface area (Å²) in [5.74, 6) is 1.21. The largest absolute Gasteiger partial charge is 0.508 e. The fraction of sp³-hybridized carbons (Fsp3) is 0.394. The number of rotatable bonds is 9. The van der Waals surface area contributed by atoms with Gasteiger partial charge < -0.3 is 14.6 Å². The van der Waals surface area contributed by atoms with Crippen molar-refractivity contribution < 1.29 is 14.6 Å². The van der Waals surface area contributed by atoms with Crippen LogP contribution in [0.5, 0.6) is 11.5 Å². The van der Waals surface area contributed by atoms with Crippen molar-refractivity contribution in [2.24, 2.45) is 0 Å². The quantitative estimate of drug-likeness (QED) is 0.262. The molecule has 0 spiro atoms. The molecule has 3 aromatic carbocycles. The number of ether oxygens (including phenoxy) is 2. The summed E-state index contributed by atoms with van der Waals surface area (Å²) in [4.78, 5) is 6.21. The molecule has 0 amide bonds. The minimum Gasteiger partial charge on any atom is -0.508 e. The lowest BCUT2D eigenvalue weighted by Crippen LogP contribution is -2.38. The molecule has 2 saturated heterocycles. The summed E-state index contributed by atoms with van der Waals surface area (Å²) in [7, 11) is 0. The zero-order valence-corrected chi connectivity index (χ0v) is 23.6. The topological polar surface area (TPSA) is 45.2 Å². The second kappa shape index (κ2) is 12.1. The van der Waals surface area contributed by atoms with Gasteiger partial charge in [-0.05, 0) is 115 Å². The molecule has 204 valence electrons. The average Bonchev–Trinajstić information content (AvgIpc) is 3.59. The average molecular weight is 543 g/mol. The van der Waals surface area contributed by atoms with Crippen LogP contribution in [0, 0.1) is 6.92 Å². The molecule has 0 atom stereocenters. The number of fused-ring (bicyclic) bond motifs is 1. The number of hydrogen-bond acceptors (Lipinski definition) is 6. The van der Waals surface area contributed by atoms with E-state index in [0.717, 1.165) is 56.3 Å². The lowest BCUT2D eigenvalue weighted by Gasteiger charge is -2.26. The maximum Gasteiger partial charge on any atom is 0.119 e. The van der Waals surface area contributed by atoms with Crippen LogP contribution in [0.4, 0.5) is 0 Å². The molecule has 0 unspecified atom stereocenters. The van der Waals surface area contributed by atoms with Gasteiger partial charge in [-0.1, -0.05) is 18.2 Å². The monoisotopic (exact) mass is 542 g/mol. The molecule has 6 rings (SSSR count). The summed E-state index contributed by atoms with van der Waals surface area (Å²) in [5.41, 5.74) is 6.65. The van der Waals surface area contributed by atoms with E-state index in [0.29, 0.717) is 12.4 Å². The van der Waals surface area contributed by atoms with Gasteiger partial charge in [0.15, 0.2) is 0 Å². The lowest BCUT2D eigenvalue weighted by atomic mass is 9.96. The summed E-state index contributed by atoms with van der Waals surface area (Å²) in [6.07, 6.45) is 3.51. The van der Waals surface area contributed by atoms with Crippen molar-refractivity contribution in [1.29, 1.82) is 0 Å². The third-order valence-corrected chi connectivity index (χ3v) is 9.30. The molecule has 3 heterocycles. The number of benzene rings is 3. The molecule has 6 heteroatoms. The summed E-state index contributed by atoms with van der Waals surface area (Å²) in [6.45, 7) is 10.9. The lowest BCUT2D eigenvalue weighted by molar-refractivity contribution is 0.0322. The Kier molecular flexibility index (Phi) is 8.16. The number of hydrogen-bond donors (Lipinski definition) is 1. The first-order valence-electron chi connectivity index (χ1n) is 14.2. The zero-order chi connectivity index (χ0) is 26.6. The predicted molar refractivity (Wildman–Crippen MR) is 160 cm³/mol. The molecule has 2 fully saturated rings. The summed E-state index contributed by atoms with van der Waals surface area (Å²) in [5, 5.41) is 11.4. The predicted octanol–water partition coefficient (Wildman–Crippen LogP) is 6.48. The zero-order valence-electron chi connectivity index (χ0n) is 22.8. The second-order valence-corrected chi connectivity index (χ2v) is 11.9. The van der Waals surface area contributed by atoms with E-state index in [1.54, 1.807) is 17.4 Å². The first-order chi connectivity index (χ1) is 19.1. The van der Waals surface area contributed by atoms with Gasteiger partial charge >= 0.3 is 0 Å². The number of phenols is 1. The fourth-order valence-corrected chi connectivity index (χ4v) is 7.06. The number of nitrogens with zero attached hydrogens (tertiary/aromatic N) is 2. The third-order valence-electron chi connectivity index (χ3n) is 8.05. The van der Waals surface area contributed by atoms with Crippen LogP contribution in [0.25, 0.3) is 20.5 Å². The van der Waals surface area contributed by atoms with Gasteiger partial charge in [0.2, 0.25) is 0 Å². The molecule has 0 saturated carbocycles. The smallest absolute Gasteiger partial charge is 0.119 e. The third kappa shape index (κ3) is 6.30. The molecule has 0 radical (unpaired) electrons.